The normalized spacial score (nSPS) is 17.2. The van der Waals surface area contributed by atoms with Gasteiger partial charge in [-0.15, -0.1) is 0 Å². The molecule has 2 aliphatic heterocycles. The number of anilines is 2. The van der Waals surface area contributed by atoms with Gasteiger partial charge < -0.3 is 20.9 Å². The fraction of sp³-hybridized carbons (Fsp3) is 0.316. The van der Waals surface area contributed by atoms with Crippen LogP contribution in [-0.2, 0) is 6.54 Å². The zero-order valence-electron chi connectivity index (χ0n) is 14.3. The summed E-state index contributed by atoms with van der Waals surface area (Å²) < 4.78 is 0. The number of benzene rings is 2. The van der Waals surface area contributed by atoms with Gasteiger partial charge in [0.05, 0.1) is 11.4 Å². The first-order chi connectivity index (χ1) is 12.1. The van der Waals surface area contributed by atoms with Gasteiger partial charge in [-0.05, 0) is 42.9 Å². The Balaban J connectivity index is 1.85. The van der Waals surface area contributed by atoms with Crippen molar-refractivity contribution in [2.24, 2.45) is 10.7 Å². The van der Waals surface area contributed by atoms with E-state index in [-0.39, 0.29) is 0 Å². The highest BCUT2D eigenvalue weighted by Crippen LogP contribution is 2.37. The van der Waals surface area contributed by atoms with Crippen LogP contribution in [0.1, 0.15) is 11.1 Å². The van der Waals surface area contributed by atoms with Crippen LogP contribution < -0.4 is 11.1 Å². The fourth-order valence-corrected chi connectivity index (χ4v) is 3.46. The van der Waals surface area contributed by atoms with Crippen molar-refractivity contribution in [3.63, 3.8) is 0 Å². The Kier molecular flexibility index (Phi) is 4.37. The zero-order chi connectivity index (χ0) is 17.4. The van der Waals surface area contributed by atoms with Crippen LogP contribution in [0, 0.1) is 0 Å². The van der Waals surface area contributed by atoms with E-state index >= 15 is 0 Å². The second-order valence-corrected chi connectivity index (χ2v) is 7.03. The third kappa shape index (κ3) is 3.23. The largest absolute Gasteiger partial charge is 0.353 e. The SMILES string of the molecule is CN1CCN(C2=Nc3cc(Cl)ccc3Nc3ccc(CN)cc32)CC1. The summed E-state index contributed by atoms with van der Waals surface area (Å²) in [7, 11) is 2.16. The Labute approximate surface area is 153 Å². The van der Waals surface area contributed by atoms with E-state index in [1.807, 2.05) is 18.2 Å². The summed E-state index contributed by atoms with van der Waals surface area (Å²) in [4.78, 5) is 9.70. The zero-order valence-corrected chi connectivity index (χ0v) is 15.1. The number of rotatable bonds is 1. The second-order valence-electron chi connectivity index (χ2n) is 6.60. The van der Waals surface area contributed by atoms with Gasteiger partial charge in [0.15, 0.2) is 0 Å². The Morgan fingerprint density at radius 3 is 2.60 bits per heavy atom. The number of piperazine rings is 1. The lowest BCUT2D eigenvalue weighted by molar-refractivity contribution is 0.216. The number of halogens is 1. The average Bonchev–Trinajstić information content (AvgIpc) is 2.78. The van der Waals surface area contributed by atoms with Crippen molar-refractivity contribution in [3.05, 3.63) is 52.5 Å². The average molecular weight is 356 g/mol. The first-order valence-corrected chi connectivity index (χ1v) is 8.94. The van der Waals surface area contributed by atoms with Gasteiger partial charge in [0.2, 0.25) is 0 Å². The number of likely N-dealkylation sites (N-methyl/N-ethyl adjacent to an activating group) is 1. The molecule has 2 heterocycles. The molecule has 0 aromatic heterocycles. The maximum Gasteiger partial charge on any atom is 0.138 e. The molecular weight excluding hydrogens is 334 g/mol. The van der Waals surface area contributed by atoms with Gasteiger partial charge in [-0.25, -0.2) is 4.99 Å². The first kappa shape index (κ1) is 16.4. The number of hydrogen-bond acceptors (Lipinski definition) is 5. The molecule has 6 heteroatoms. The lowest BCUT2D eigenvalue weighted by atomic mass is 10.1. The highest BCUT2D eigenvalue weighted by atomic mass is 35.5. The summed E-state index contributed by atoms with van der Waals surface area (Å²) in [6.45, 7) is 4.48. The van der Waals surface area contributed by atoms with E-state index in [0.717, 1.165) is 60.2 Å². The molecule has 0 saturated carbocycles. The number of hydrogen-bond donors (Lipinski definition) is 2. The van der Waals surface area contributed by atoms with E-state index < -0.39 is 0 Å². The summed E-state index contributed by atoms with van der Waals surface area (Å²) in [5.41, 5.74) is 11.0. The van der Waals surface area contributed by atoms with Crippen molar-refractivity contribution < 1.29 is 0 Å². The Morgan fingerprint density at radius 1 is 1.08 bits per heavy atom. The first-order valence-electron chi connectivity index (χ1n) is 8.56. The van der Waals surface area contributed by atoms with Crippen LogP contribution in [0.3, 0.4) is 0 Å². The Morgan fingerprint density at radius 2 is 1.84 bits per heavy atom. The van der Waals surface area contributed by atoms with E-state index in [1.54, 1.807) is 0 Å². The van der Waals surface area contributed by atoms with Crippen LogP contribution >= 0.6 is 11.6 Å². The Hall–Kier alpha value is -2.08. The maximum atomic E-state index is 6.21. The van der Waals surface area contributed by atoms with Crippen molar-refractivity contribution in [2.45, 2.75) is 6.54 Å². The summed E-state index contributed by atoms with van der Waals surface area (Å²) in [5, 5.41) is 4.20. The molecule has 0 bridgehead atoms. The minimum absolute atomic E-state index is 0.516. The molecule has 0 spiro atoms. The van der Waals surface area contributed by atoms with Gasteiger partial charge in [0.25, 0.3) is 0 Å². The highest BCUT2D eigenvalue weighted by molar-refractivity contribution is 6.31. The summed E-state index contributed by atoms with van der Waals surface area (Å²) in [6, 6.07) is 12.1. The predicted octanol–water partition coefficient (Wildman–Crippen LogP) is 3.18. The van der Waals surface area contributed by atoms with E-state index in [1.165, 1.54) is 0 Å². The van der Waals surface area contributed by atoms with Crippen LogP contribution in [0.5, 0.6) is 0 Å². The van der Waals surface area contributed by atoms with Crippen molar-refractivity contribution in [1.82, 2.24) is 9.80 Å². The third-order valence-corrected chi connectivity index (χ3v) is 5.05. The van der Waals surface area contributed by atoms with Gasteiger partial charge in [-0.2, -0.15) is 0 Å². The van der Waals surface area contributed by atoms with Gasteiger partial charge in [0.1, 0.15) is 5.84 Å². The minimum Gasteiger partial charge on any atom is -0.353 e. The maximum absolute atomic E-state index is 6.21. The molecule has 3 N–H and O–H groups in total. The van der Waals surface area contributed by atoms with Gasteiger partial charge in [0, 0.05) is 49.0 Å². The van der Waals surface area contributed by atoms with Gasteiger partial charge in [-0.3, -0.25) is 0 Å². The van der Waals surface area contributed by atoms with Crippen LogP contribution in [0.25, 0.3) is 0 Å². The van der Waals surface area contributed by atoms with Crippen LogP contribution in [0.15, 0.2) is 41.4 Å². The molecule has 5 nitrogen and oxygen atoms in total. The second kappa shape index (κ2) is 6.67. The molecular formula is C19H22ClN5. The summed E-state index contributed by atoms with van der Waals surface area (Å²) in [5.74, 6) is 0.993. The molecule has 0 amide bonds. The van der Waals surface area contributed by atoms with Crippen molar-refractivity contribution >= 4 is 34.5 Å². The van der Waals surface area contributed by atoms with E-state index in [9.17, 15) is 0 Å². The standard InChI is InChI=1S/C19H22ClN5/c1-24-6-8-25(9-7-24)19-15-10-13(12-21)2-4-16(15)22-17-5-3-14(20)11-18(17)23-19/h2-5,10-11,22H,6-9,12,21H2,1H3. The number of nitrogens with one attached hydrogen (secondary N) is 1. The molecule has 1 fully saturated rings. The lowest BCUT2D eigenvalue weighted by Crippen LogP contribution is -2.47. The van der Waals surface area contributed by atoms with E-state index in [0.29, 0.717) is 11.6 Å². The molecule has 0 radical (unpaired) electrons. The van der Waals surface area contributed by atoms with Crippen LogP contribution in [0.4, 0.5) is 17.1 Å². The molecule has 130 valence electrons. The number of fused-ring (bicyclic) bond motifs is 2. The number of nitrogens with two attached hydrogens (primary N) is 1. The number of nitrogens with zero attached hydrogens (tertiary/aromatic N) is 3. The van der Waals surface area contributed by atoms with Gasteiger partial charge >= 0.3 is 0 Å². The topological polar surface area (TPSA) is 56.9 Å². The minimum atomic E-state index is 0.516. The lowest BCUT2D eigenvalue weighted by Gasteiger charge is -2.35. The summed E-state index contributed by atoms with van der Waals surface area (Å²) >= 11 is 6.21. The van der Waals surface area contributed by atoms with Crippen LogP contribution in [0.2, 0.25) is 5.02 Å². The molecule has 0 unspecified atom stereocenters. The van der Waals surface area contributed by atoms with Crippen molar-refractivity contribution in [3.8, 4) is 0 Å². The van der Waals surface area contributed by atoms with Crippen LogP contribution in [-0.4, -0.2) is 48.9 Å². The fourth-order valence-electron chi connectivity index (χ4n) is 3.29. The van der Waals surface area contributed by atoms with Gasteiger partial charge in [-0.1, -0.05) is 17.7 Å². The summed E-state index contributed by atoms with van der Waals surface area (Å²) in [6.07, 6.45) is 0. The molecule has 0 aliphatic carbocycles. The smallest absolute Gasteiger partial charge is 0.138 e. The number of aliphatic imine (C=N–C) groups is 1. The molecule has 25 heavy (non-hydrogen) atoms. The molecule has 1 saturated heterocycles. The predicted molar refractivity (Wildman–Crippen MR) is 104 cm³/mol. The third-order valence-electron chi connectivity index (χ3n) is 4.82. The molecule has 2 aromatic rings. The Bertz CT molecular complexity index is 825. The molecule has 0 atom stereocenters. The molecule has 2 aliphatic rings. The van der Waals surface area contributed by atoms with E-state index in [2.05, 4.69) is 40.4 Å². The van der Waals surface area contributed by atoms with Crippen molar-refractivity contribution in [2.75, 3.05) is 38.5 Å². The number of amidine groups is 1. The quantitative estimate of drug-likeness (QED) is 0.825. The van der Waals surface area contributed by atoms with E-state index in [4.69, 9.17) is 22.3 Å². The highest BCUT2D eigenvalue weighted by Gasteiger charge is 2.24. The molecule has 2 aromatic carbocycles. The molecule has 4 rings (SSSR count). The van der Waals surface area contributed by atoms with Crippen molar-refractivity contribution in [1.29, 1.82) is 0 Å². The monoisotopic (exact) mass is 355 g/mol.